The first-order valence-corrected chi connectivity index (χ1v) is 8.02. The average molecular weight is 402 g/mol. The van der Waals surface area contributed by atoms with Gasteiger partial charge in [-0.2, -0.15) is 0 Å². The largest absolute Gasteiger partial charge is 0.468 e. The molecular weight excluding hydrogens is 384 g/mol. The lowest BCUT2D eigenvalue weighted by atomic mass is 9.89. The Morgan fingerprint density at radius 1 is 1.21 bits per heavy atom. The SMILES string of the molecule is COC(=O)C(C(=O)OC)C(Br)C[C@@H]1COC[C@@H]1CBr. The molecule has 1 fully saturated rings. The minimum absolute atomic E-state index is 0.306. The van der Waals surface area contributed by atoms with E-state index >= 15 is 0 Å². The highest BCUT2D eigenvalue weighted by atomic mass is 79.9. The highest BCUT2D eigenvalue weighted by Crippen LogP contribution is 2.32. The van der Waals surface area contributed by atoms with Crippen molar-refractivity contribution in [2.75, 3.05) is 32.8 Å². The number of esters is 2. The Morgan fingerprint density at radius 3 is 2.21 bits per heavy atom. The van der Waals surface area contributed by atoms with Crippen molar-refractivity contribution in [1.82, 2.24) is 0 Å². The Labute approximate surface area is 129 Å². The van der Waals surface area contributed by atoms with Crippen molar-refractivity contribution in [2.45, 2.75) is 11.2 Å². The number of carbonyl (C=O) groups excluding carboxylic acids is 2. The van der Waals surface area contributed by atoms with Crippen LogP contribution in [-0.4, -0.2) is 49.5 Å². The average Bonchev–Trinajstić information content (AvgIpc) is 2.85. The van der Waals surface area contributed by atoms with Gasteiger partial charge in [0, 0.05) is 16.8 Å². The fourth-order valence-corrected chi connectivity index (χ4v) is 3.77. The molecule has 0 radical (unpaired) electrons. The fourth-order valence-electron chi connectivity index (χ4n) is 2.14. The van der Waals surface area contributed by atoms with Gasteiger partial charge in [-0.15, -0.1) is 0 Å². The maximum Gasteiger partial charge on any atom is 0.321 e. The maximum absolute atomic E-state index is 11.7. The topological polar surface area (TPSA) is 61.8 Å². The Bertz CT molecular complexity index is 307. The van der Waals surface area contributed by atoms with Crippen molar-refractivity contribution in [3.63, 3.8) is 0 Å². The molecule has 0 amide bonds. The lowest BCUT2D eigenvalue weighted by Crippen LogP contribution is -2.35. The van der Waals surface area contributed by atoms with E-state index in [4.69, 9.17) is 4.74 Å². The number of alkyl halides is 2. The second-order valence-corrected chi connectivity index (χ2v) is 6.31. The van der Waals surface area contributed by atoms with Gasteiger partial charge in [0.25, 0.3) is 0 Å². The lowest BCUT2D eigenvalue weighted by Gasteiger charge is -2.22. The number of rotatable bonds is 6. The van der Waals surface area contributed by atoms with Crippen LogP contribution in [0.1, 0.15) is 6.42 Å². The number of carbonyl (C=O) groups is 2. The first-order valence-electron chi connectivity index (χ1n) is 5.98. The molecule has 0 saturated carbocycles. The minimum Gasteiger partial charge on any atom is -0.468 e. The Hall–Kier alpha value is -0.140. The molecule has 0 aromatic rings. The third kappa shape index (κ3) is 4.43. The van der Waals surface area contributed by atoms with Crippen LogP contribution in [-0.2, 0) is 23.8 Å². The summed E-state index contributed by atoms with van der Waals surface area (Å²) in [4.78, 5) is 23.1. The van der Waals surface area contributed by atoms with Crippen molar-refractivity contribution in [3.05, 3.63) is 0 Å². The highest BCUT2D eigenvalue weighted by Gasteiger charge is 2.39. The Balaban J connectivity index is 2.68. The number of halogens is 2. The summed E-state index contributed by atoms with van der Waals surface area (Å²) in [6, 6.07) is 0. The summed E-state index contributed by atoms with van der Waals surface area (Å²) in [7, 11) is 2.52. The van der Waals surface area contributed by atoms with Crippen LogP contribution in [0.5, 0.6) is 0 Å². The van der Waals surface area contributed by atoms with Gasteiger partial charge in [0.15, 0.2) is 5.92 Å². The van der Waals surface area contributed by atoms with Gasteiger partial charge in [-0.3, -0.25) is 9.59 Å². The van der Waals surface area contributed by atoms with Crippen LogP contribution >= 0.6 is 31.9 Å². The molecule has 0 bridgehead atoms. The summed E-state index contributed by atoms with van der Waals surface area (Å²) in [5.41, 5.74) is 0. The summed E-state index contributed by atoms with van der Waals surface area (Å²) in [6.45, 7) is 1.35. The molecule has 3 atom stereocenters. The van der Waals surface area contributed by atoms with Crippen LogP contribution in [0.2, 0.25) is 0 Å². The molecule has 0 aliphatic carbocycles. The molecule has 0 aromatic heterocycles. The first kappa shape index (κ1) is 16.9. The molecule has 1 rings (SSSR count). The molecule has 0 spiro atoms. The van der Waals surface area contributed by atoms with Gasteiger partial charge in [0.1, 0.15) is 0 Å². The monoisotopic (exact) mass is 400 g/mol. The third-order valence-electron chi connectivity index (χ3n) is 3.33. The summed E-state index contributed by atoms with van der Waals surface area (Å²) >= 11 is 6.87. The zero-order valence-corrected chi connectivity index (χ0v) is 14.1. The Kier molecular flexibility index (Phi) is 7.31. The third-order valence-corrected chi connectivity index (χ3v) is 5.06. The second-order valence-electron chi connectivity index (χ2n) is 4.49. The van der Waals surface area contributed by atoms with Gasteiger partial charge in [-0.25, -0.2) is 0 Å². The molecule has 1 aliphatic heterocycles. The van der Waals surface area contributed by atoms with Gasteiger partial charge >= 0.3 is 11.9 Å². The zero-order valence-electron chi connectivity index (χ0n) is 10.9. The molecule has 0 N–H and O–H groups in total. The first-order chi connectivity index (χ1) is 9.04. The molecule has 19 heavy (non-hydrogen) atoms. The molecule has 0 aromatic carbocycles. The van der Waals surface area contributed by atoms with E-state index in [-0.39, 0.29) is 4.83 Å². The number of hydrogen-bond acceptors (Lipinski definition) is 5. The Morgan fingerprint density at radius 2 is 1.74 bits per heavy atom. The van der Waals surface area contributed by atoms with E-state index in [2.05, 4.69) is 41.3 Å². The predicted molar refractivity (Wildman–Crippen MR) is 76.4 cm³/mol. The second kappa shape index (κ2) is 8.21. The summed E-state index contributed by atoms with van der Waals surface area (Å²) < 4.78 is 14.8. The highest BCUT2D eigenvalue weighted by molar-refractivity contribution is 9.09. The lowest BCUT2D eigenvalue weighted by molar-refractivity contribution is -0.158. The number of methoxy groups -OCH3 is 2. The molecule has 1 saturated heterocycles. The van der Waals surface area contributed by atoms with Crippen molar-refractivity contribution < 1.29 is 23.8 Å². The molecular formula is C12H18Br2O5. The van der Waals surface area contributed by atoms with Crippen molar-refractivity contribution in [2.24, 2.45) is 17.8 Å². The molecule has 1 aliphatic rings. The van der Waals surface area contributed by atoms with E-state index in [1.165, 1.54) is 14.2 Å². The van der Waals surface area contributed by atoms with E-state index in [1.807, 2.05) is 0 Å². The van der Waals surface area contributed by atoms with Gasteiger partial charge < -0.3 is 14.2 Å². The molecule has 5 nitrogen and oxygen atoms in total. The van der Waals surface area contributed by atoms with Gasteiger partial charge in [-0.05, 0) is 18.3 Å². The van der Waals surface area contributed by atoms with E-state index in [0.717, 1.165) is 5.33 Å². The standard InChI is InChI=1S/C12H18Br2O5/c1-17-11(15)10(12(16)18-2)9(14)3-7-5-19-6-8(7)4-13/h7-10H,3-6H2,1-2H3/t7-,8+,9?/m1/s1. The van der Waals surface area contributed by atoms with E-state index < -0.39 is 17.9 Å². The fraction of sp³-hybridized carbons (Fsp3) is 0.833. The van der Waals surface area contributed by atoms with Crippen LogP contribution in [0.3, 0.4) is 0 Å². The van der Waals surface area contributed by atoms with Crippen LogP contribution in [0, 0.1) is 17.8 Å². The van der Waals surface area contributed by atoms with Crippen molar-refractivity contribution >= 4 is 43.8 Å². The van der Waals surface area contributed by atoms with Crippen molar-refractivity contribution in [3.8, 4) is 0 Å². The predicted octanol–water partition coefficient (Wildman–Crippen LogP) is 1.76. The van der Waals surface area contributed by atoms with Gasteiger partial charge in [0.2, 0.25) is 0 Å². The van der Waals surface area contributed by atoms with E-state index in [0.29, 0.717) is 31.5 Å². The van der Waals surface area contributed by atoms with Gasteiger partial charge in [0.05, 0.1) is 20.8 Å². The molecule has 1 unspecified atom stereocenters. The van der Waals surface area contributed by atoms with Gasteiger partial charge in [-0.1, -0.05) is 31.9 Å². The smallest absolute Gasteiger partial charge is 0.321 e. The van der Waals surface area contributed by atoms with Crippen LogP contribution in [0.25, 0.3) is 0 Å². The quantitative estimate of drug-likeness (QED) is 0.385. The van der Waals surface area contributed by atoms with E-state index in [9.17, 15) is 9.59 Å². The maximum atomic E-state index is 11.7. The summed E-state index contributed by atoms with van der Waals surface area (Å²) in [5, 5.41) is 0.846. The van der Waals surface area contributed by atoms with E-state index in [1.54, 1.807) is 0 Å². The minimum atomic E-state index is -0.938. The molecule has 7 heteroatoms. The van der Waals surface area contributed by atoms with Crippen molar-refractivity contribution in [1.29, 1.82) is 0 Å². The van der Waals surface area contributed by atoms with Crippen LogP contribution < -0.4 is 0 Å². The zero-order chi connectivity index (χ0) is 14.4. The van der Waals surface area contributed by atoms with Crippen LogP contribution in [0.15, 0.2) is 0 Å². The van der Waals surface area contributed by atoms with Crippen LogP contribution in [0.4, 0.5) is 0 Å². The normalized spacial score (nSPS) is 24.3. The molecule has 110 valence electrons. The summed E-state index contributed by atoms with van der Waals surface area (Å²) in [5.74, 6) is -1.39. The number of ether oxygens (including phenoxy) is 3. The number of hydrogen-bond donors (Lipinski definition) is 0. The summed E-state index contributed by atoms with van der Waals surface area (Å²) in [6.07, 6.45) is 0.658. The molecule has 1 heterocycles.